The lowest BCUT2D eigenvalue weighted by atomic mass is 10.1. The van der Waals surface area contributed by atoms with Crippen LogP contribution < -0.4 is 10.1 Å². The molecule has 21 heavy (non-hydrogen) atoms. The number of methoxy groups -OCH3 is 2. The van der Waals surface area contributed by atoms with Crippen LogP contribution in [0.15, 0.2) is 24.3 Å². The number of aromatic nitrogens is 2. The van der Waals surface area contributed by atoms with Gasteiger partial charge in [0.2, 0.25) is 0 Å². The van der Waals surface area contributed by atoms with Crippen LogP contribution in [-0.2, 0) is 11.3 Å². The molecule has 0 atom stereocenters. The molecule has 0 spiro atoms. The second kappa shape index (κ2) is 6.99. The Bertz CT molecular complexity index is 596. The molecule has 1 heterocycles. The summed E-state index contributed by atoms with van der Waals surface area (Å²) in [5, 5.41) is 3.10. The summed E-state index contributed by atoms with van der Waals surface area (Å²) in [7, 11) is 3.00. The second-order valence-corrected chi connectivity index (χ2v) is 4.34. The molecular formula is C15H18FN3O2. The van der Waals surface area contributed by atoms with Gasteiger partial charge < -0.3 is 14.8 Å². The highest BCUT2D eigenvalue weighted by Crippen LogP contribution is 2.28. The summed E-state index contributed by atoms with van der Waals surface area (Å²) in [5.74, 6) is 0.874. The standard InChI is InChI=1S/C15H18FN3O2/c1-4-17-13-8-11(18-14(19-13)9-20-2)10-6-5-7-12(21-3)15(10)16/h5-8H,4,9H2,1-3H3,(H,17,18,19). The van der Waals surface area contributed by atoms with E-state index in [2.05, 4.69) is 15.3 Å². The van der Waals surface area contributed by atoms with Crippen molar-refractivity contribution < 1.29 is 13.9 Å². The molecule has 0 fully saturated rings. The van der Waals surface area contributed by atoms with Crippen LogP contribution in [0.25, 0.3) is 11.3 Å². The summed E-state index contributed by atoms with van der Waals surface area (Å²) in [5.41, 5.74) is 0.859. The van der Waals surface area contributed by atoms with Crippen molar-refractivity contribution in [2.75, 3.05) is 26.1 Å². The number of ether oxygens (including phenoxy) is 2. The first-order valence-corrected chi connectivity index (χ1v) is 6.63. The molecular weight excluding hydrogens is 273 g/mol. The molecule has 0 saturated heterocycles. The van der Waals surface area contributed by atoms with Gasteiger partial charge in [0.15, 0.2) is 17.4 Å². The summed E-state index contributed by atoms with van der Waals surface area (Å²) in [6, 6.07) is 6.66. The second-order valence-electron chi connectivity index (χ2n) is 4.34. The lowest BCUT2D eigenvalue weighted by molar-refractivity contribution is 0.178. The van der Waals surface area contributed by atoms with Gasteiger partial charge in [-0.15, -0.1) is 0 Å². The van der Waals surface area contributed by atoms with Gasteiger partial charge in [0.1, 0.15) is 12.4 Å². The molecule has 0 radical (unpaired) electrons. The molecule has 1 aromatic heterocycles. The predicted octanol–water partition coefficient (Wildman–Crippen LogP) is 2.87. The normalized spacial score (nSPS) is 10.5. The van der Waals surface area contributed by atoms with Gasteiger partial charge in [0, 0.05) is 25.3 Å². The van der Waals surface area contributed by atoms with Gasteiger partial charge >= 0.3 is 0 Å². The van der Waals surface area contributed by atoms with Gasteiger partial charge in [-0.05, 0) is 19.1 Å². The number of nitrogens with zero attached hydrogens (tertiary/aromatic N) is 2. The van der Waals surface area contributed by atoms with Crippen LogP contribution in [0.4, 0.5) is 10.2 Å². The predicted molar refractivity (Wildman–Crippen MR) is 78.9 cm³/mol. The van der Waals surface area contributed by atoms with Gasteiger partial charge in [-0.25, -0.2) is 14.4 Å². The number of benzene rings is 1. The van der Waals surface area contributed by atoms with E-state index in [-0.39, 0.29) is 12.4 Å². The van der Waals surface area contributed by atoms with E-state index in [4.69, 9.17) is 9.47 Å². The molecule has 0 unspecified atom stereocenters. The minimum absolute atomic E-state index is 0.185. The van der Waals surface area contributed by atoms with Crippen LogP contribution in [0, 0.1) is 5.82 Å². The maximum Gasteiger partial charge on any atom is 0.174 e. The van der Waals surface area contributed by atoms with Crippen molar-refractivity contribution in [1.82, 2.24) is 9.97 Å². The van der Waals surface area contributed by atoms with E-state index in [1.165, 1.54) is 7.11 Å². The lowest BCUT2D eigenvalue weighted by Crippen LogP contribution is -2.06. The number of hydrogen-bond donors (Lipinski definition) is 1. The van der Waals surface area contributed by atoms with Gasteiger partial charge in [0.25, 0.3) is 0 Å². The molecule has 0 amide bonds. The summed E-state index contributed by atoms with van der Waals surface area (Å²) < 4.78 is 24.4. The summed E-state index contributed by atoms with van der Waals surface area (Å²) >= 11 is 0. The van der Waals surface area contributed by atoms with Crippen molar-refractivity contribution in [2.24, 2.45) is 0 Å². The molecule has 5 nitrogen and oxygen atoms in total. The molecule has 0 aliphatic rings. The van der Waals surface area contributed by atoms with Crippen LogP contribution >= 0.6 is 0 Å². The molecule has 112 valence electrons. The van der Waals surface area contributed by atoms with Crippen LogP contribution in [0.2, 0.25) is 0 Å². The Kier molecular flexibility index (Phi) is 5.05. The third kappa shape index (κ3) is 3.46. The van der Waals surface area contributed by atoms with Crippen molar-refractivity contribution in [3.8, 4) is 17.0 Å². The van der Waals surface area contributed by atoms with E-state index in [1.807, 2.05) is 6.92 Å². The lowest BCUT2D eigenvalue weighted by Gasteiger charge is -2.10. The van der Waals surface area contributed by atoms with E-state index >= 15 is 0 Å². The maximum atomic E-state index is 14.4. The van der Waals surface area contributed by atoms with Crippen molar-refractivity contribution in [3.63, 3.8) is 0 Å². The molecule has 1 aromatic carbocycles. The number of rotatable bonds is 6. The Hall–Kier alpha value is -2.21. The van der Waals surface area contributed by atoms with Crippen LogP contribution in [-0.4, -0.2) is 30.7 Å². The van der Waals surface area contributed by atoms with E-state index in [0.717, 1.165) is 0 Å². The van der Waals surface area contributed by atoms with Crippen LogP contribution in [0.5, 0.6) is 5.75 Å². The van der Waals surface area contributed by atoms with E-state index in [9.17, 15) is 4.39 Å². The fraction of sp³-hybridized carbons (Fsp3) is 0.333. The zero-order valence-corrected chi connectivity index (χ0v) is 12.3. The molecule has 2 aromatic rings. The topological polar surface area (TPSA) is 56.3 Å². The van der Waals surface area contributed by atoms with Crippen molar-refractivity contribution >= 4 is 5.82 Å². The molecule has 2 rings (SSSR count). The van der Waals surface area contributed by atoms with Crippen LogP contribution in [0.3, 0.4) is 0 Å². The zero-order chi connectivity index (χ0) is 15.2. The van der Waals surface area contributed by atoms with E-state index < -0.39 is 5.82 Å². The molecule has 1 N–H and O–H groups in total. The SMILES string of the molecule is CCNc1cc(-c2cccc(OC)c2F)nc(COC)n1. The fourth-order valence-electron chi connectivity index (χ4n) is 1.97. The van der Waals surface area contributed by atoms with Crippen LogP contribution in [0.1, 0.15) is 12.7 Å². The van der Waals surface area contributed by atoms with E-state index in [1.54, 1.807) is 31.4 Å². The van der Waals surface area contributed by atoms with Crippen molar-refractivity contribution in [2.45, 2.75) is 13.5 Å². The number of halogens is 1. The smallest absolute Gasteiger partial charge is 0.174 e. The van der Waals surface area contributed by atoms with Gasteiger partial charge in [-0.1, -0.05) is 6.07 Å². The fourth-order valence-corrected chi connectivity index (χ4v) is 1.97. The Labute approximate surface area is 123 Å². The summed E-state index contributed by atoms with van der Waals surface area (Å²) in [6.45, 7) is 2.94. The number of hydrogen-bond acceptors (Lipinski definition) is 5. The number of nitrogens with one attached hydrogen (secondary N) is 1. The van der Waals surface area contributed by atoms with Crippen molar-refractivity contribution in [1.29, 1.82) is 0 Å². The molecule has 0 aliphatic heterocycles. The van der Waals surface area contributed by atoms with Crippen molar-refractivity contribution in [3.05, 3.63) is 35.9 Å². The third-order valence-electron chi connectivity index (χ3n) is 2.86. The largest absolute Gasteiger partial charge is 0.494 e. The summed E-state index contributed by atoms with van der Waals surface area (Å²) in [4.78, 5) is 8.65. The Balaban J connectivity index is 2.51. The van der Waals surface area contributed by atoms with Gasteiger partial charge in [-0.3, -0.25) is 0 Å². The maximum absolute atomic E-state index is 14.4. The molecule has 0 aliphatic carbocycles. The highest BCUT2D eigenvalue weighted by atomic mass is 19.1. The Morgan fingerprint density at radius 3 is 2.71 bits per heavy atom. The first-order chi connectivity index (χ1) is 10.2. The van der Waals surface area contributed by atoms with Gasteiger partial charge in [0.05, 0.1) is 12.8 Å². The third-order valence-corrected chi connectivity index (χ3v) is 2.86. The average molecular weight is 291 g/mol. The minimum Gasteiger partial charge on any atom is -0.494 e. The van der Waals surface area contributed by atoms with Gasteiger partial charge in [-0.2, -0.15) is 0 Å². The Morgan fingerprint density at radius 1 is 1.24 bits per heavy atom. The highest BCUT2D eigenvalue weighted by molar-refractivity contribution is 5.65. The molecule has 6 heteroatoms. The first-order valence-electron chi connectivity index (χ1n) is 6.63. The monoisotopic (exact) mass is 291 g/mol. The molecule has 0 saturated carbocycles. The zero-order valence-electron chi connectivity index (χ0n) is 12.3. The average Bonchev–Trinajstić information content (AvgIpc) is 2.48. The minimum atomic E-state index is -0.440. The Morgan fingerprint density at radius 2 is 2.05 bits per heavy atom. The summed E-state index contributed by atoms with van der Waals surface area (Å²) in [6.07, 6.45) is 0. The number of anilines is 1. The quantitative estimate of drug-likeness (QED) is 0.887. The highest BCUT2D eigenvalue weighted by Gasteiger charge is 2.14. The van der Waals surface area contributed by atoms with E-state index in [0.29, 0.717) is 29.4 Å². The first kappa shape index (κ1) is 15.2. The molecule has 0 bridgehead atoms.